The van der Waals surface area contributed by atoms with Gasteiger partial charge in [0.2, 0.25) is 5.75 Å². The maximum absolute atomic E-state index is 9.81. The van der Waals surface area contributed by atoms with Crippen LogP contribution in [-0.2, 0) is 0 Å². The molecule has 1 aliphatic heterocycles. The molecule has 0 spiro atoms. The van der Waals surface area contributed by atoms with Crippen molar-refractivity contribution in [1.82, 2.24) is 9.88 Å². The SMILES string of the molecule is COc1cc2c(Nc3cc(OC)c(OC)c(OC)c3)c(C#N)cnc2cc1OCC1CCN(C)CC1. The van der Waals surface area contributed by atoms with Crippen molar-refractivity contribution in [2.75, 3.05) is 60.5 Å². The number of nitrogens with zero attached hydrogens (tertiary/aromatic N) is 3. The summed E-state index contributed by atoms with van der Waals surface area (Å²) in [6.45, 7) is 2.79. The lowest BCUT2D eigenvalue weighted by Crippen LogP contribution is -2.32. The number of nitriles is 1. The Morgan fingerprint density at radius 3 is 2.19 bits per heavy atom. The molecule has 3 aromatic rings. The average molecular weight is 493 g/mol. The van der Waals surface area contributed by atoms with Gasteiger partial charge in [0.1, 0.15) is 6.07 Å². The first kappa shape index (κ1) is 25.2. The van der Waals surface area contributed by atoms with E-state index in [0.717, 1.165) is 31.3 Å². The summed E-state index contributed by atoms with van der Waals surface area (Å²) in [6, 6.07) is 9.51. The van der Waals surface area contributed by atoms with Crippen molar-refractivity contribution in [1.29, 1.82) is 5.26 Å². The molecule has 2 aromatic carbocycles. The Morgan fingerprint density at radius 2 is 1.61 bits per heavy atom. The minimum Gasteiger partial charge on any atom is -0.493 e. The Morgan fingerprint density at radius 1 is 0.944 bits per heavy atom. The number of methoxy groups -OCH3 is 4. The van der Waals surface area contributed by atoms with Crippen LogP contribution in [0.4, 0.5) is 11.4 Å². The molecule has 0 bridgehead atoms. The predicted octanol–water partition coefficient (Wildman–Crippen LogP) is 4.61. The normalized spacial score (nSPS) is 14.2. The van der Waals surface area contributed by atoms with Gasteiger partial charge in [0, 0.05) is 35.5 Å². The highest BCUT2D eigenvalue weighted by Gasteiger charge is 2.20. The molecule has 0 unspecified atom stereocenters. The van der Waals surface area contributed by atoms with Crippen LogP contribution in [0.1, 0.15) is 18.4 Å². The van der Waals surface area contributed by atoms with Crippen LogP contribution in [0, 0.1) is 17.2 Å². The molecular formula is C27H32N4O5. The van der Waals surface area contributed by atoms with Crippen molar-refractivity contribution in [3.05, 3.63) is 36.0 Å². The molecule has 0 radical (unpaired) electrons. The van der Waals surface area contributed by atoms with E-state index in [0.29, 0.717) is 63.7 Å². The van der Waals surface area contributed by atoms with Crippen LogP contribution < -0.4 is 29.0 Å². The zero-order chi connectivity index (χ0) is 25.7. The molecule has 36 heavy (non-hydrogen) atoms. The van der Waals surface area contributed by atoms with E-state index in [4.69, 9.17) is 23.7 Å². The third kappa shape index (κ3) is 5.19. The Hall–Kier alpha value is -3.90. The summed E-state index contributed by atoms with van der Waals surface area (Å²) < 4.78 is 28.2. The van der Waals surface area contributed by atoms with E-state index >= 15 is 0 Å². The minimum absolute atomic E-state index is 0.387. The fraction of sp³-hybridized carbons (Fsp3) is 0.407. The second-order valence-corrected chi connectivity index (χ2v) is 8.78. The molecule has 190 valence electrons. The number of hydrogen-bond donors (Lipinski definition) is 1. The predicted molar refractivity (Wildman–Crippen MR) is 138 cm³/mol. The summed E-state index contributed by atoms with van der Waals surface area (Å²) in [5, 5.41) is 13.9. The molecule has 1 aromatic heterocycles. The van der Waals surface area contributed by atoms with E-state index in [1.807, 2.05) is 12.1 Å². The lowest BCUT2D eigenvalue weighted by atomic mass is 9.98. The number of fused-ring (bicyclic) bond motifs is 1. The van der Waals surface area contributed by atoms with Gasteiger partial charge in [0.15, 0.2) is 23.0 Å². The molecule has 4 rings (SSSR count). The van der Waals surface area contributed by atoms with E-state index in [-0.39, 0.29) is 0 Å². The molecule has 9 nitrogen and oxygen atoms in total. The zero-order valence-electron chi connectivity index (χ0n) is 21.4. The van der Waals surface area contributed by atoms with E-state index in [1.165, 1.54) is 0 Å². The topological polar surface area (TPSA) is 98.1 Å². The number of aromatic nitrogens is 1. The number of rotatable bonds is 9. The summed E-state index contributed by atoms with van der Waals surface area (Å²) in [7, 11) is 8.42. The van der Waals surface area contributed by atoms with Crippen molar-refractivity contribution in [3.63, 3.8) is 0 Å². The maximum Gasteiger partial charge on any atom is 0.203 e. The Kier molecular flexibility index (Phi) is 7.86. The van der Waals surface area contributed by atoms with Gasteiger partial charge in [-0.2, -0.15) is 5.26 Å². The number of nitrogens with one attached hydrogen (secondary N) is 1. The van der Waals surface area contributed by atoms with Gasteiger partial charge < -0.3 is 33.9 Å². The second-order valence-electron chi connectivity index (χ2n) is 8.78. The summed E-state index contributed by atoms with van der Waals surface area (Å²) in [5.41, 5.74) is 2.33. The van der Waals surface area contributed by atoms with Crippen LogP contribution in [0.25, 0.3) is 10.9 Å². The molecule has 2 heterocycles. The van der Waals surface area contributed by atoms with Crippen molar-refractivity contribution in [3.8, 4) is 34.8 Å². The number of anilines is 2. The van der Waals surface area contributed by atoms with Crippen molar-refractivity contribution in [2.24, 2.45) is 5.92 Å². The summed E-state index contributed by atoms with van der Waals surface area (Å²) in [5.74, 6) is 3.21. The van der Waals surface area contributed by atoms with Crippen LogP contribution in [0.2, 0.25) is 0 Å². The first-order valence-corrected chi connectivity index (χ1v) is 11.8. The maximum atomic E-state index is 9.81. The van der Waals surface area contributed by atoms with Crippen molar-refractivity contribution < 1.29 is 23.7 Å². The highest BCUT2D eigenvalue weighted by atomic mass is 16.5. The van der Waals surface area contributed by atoms with Gasteiger partial charge in [-0.3, -0.25) is 4.98 Å². The van der Waals surface area contributed by atoms with E-state index in [9.17, 15) is 5.26 Å². The highest BCUT2D eigenvalue weighted by Crippen LogP contribution is 2.42. The smallest absolute Gasteiger partial charge is 0.203 e. The molecule has 1 saturated heterocycles. The molecule has 1 aliphatic rings. The van der Waals surface area contributed by atoms with E-state index in [1.54, 1.807) is 46.8 Å². The zero-order valence-corrected chi connectivity index (χ0v) is 21.4. The number of likely N-dealkylation sites (tertiary alicyclic amines) is 1. The lowest BCUT2D eigenvalue weighted by molar-refractivity contribution is 0.157. The van der Waals surface area contributed by atoms with Crippen molar-refractivity contribution >= 4 is 22.3 Å². The fourth-order valence-corrected chi connectivity index (χ4v) is 4.43. The fourth-order valence-electron chi connectivity index (χ4n) is 4.43. The standard InChI is InChI=1S/C27H32N4O5/c1-31-8-6-17(7-9-31)16-36-23-13-21-20(12-22(23)32-2)26(18(14-28)15-29-21)30-19-10-24(33-3)27(35-5)25(11-19)34-4/h10-13,15,17H,6-9,16H2,1-5H3,(H,29,30). The summed E-state index contributed by atoms with van der Waals surface area (Å²) in [4.78, 5) is 6.86. The molecule has 0 atom stereocenters. The third-order valence-corrected chi connectivity index (χ3v) is 6.52. The number of benzene rings is 2. The van der Waals surface area contributed by atoms with Gasteiger partial charge in [-0.25, -0.2) is 0 Å². The average Bonchev–Trinajstić information content (AvgIpc) is 2.91. The third-order valence-electron chi connectivity index (χ3n) is 6.52. The first-order chi connectivity index (χ1) is 17.5. The van der Waals surface area contributed by atoms with Crippen molar-refractivity contribution in [2.45, 2.75) is 12.8 Å². The molecule has 1 N–H and O–H groups in total. The van der Waals surface area contributed by atoms with Gasteiger partial charge in [-0.15, -0.1) is 0 Å². The number of piperidine rings is 1. The minimum atomic E-state index is 0.387. The van der Waals surface area contributed by atoms with Gasteiger partial charge in [0.25, 0.3) is 0 Å². The van der Waals surface area contributed by atoms with Crippen LogP contribution in [0.3, 0.4) is 0 Å². The number of ether oxygens (including phenoxy) is 5. The van der Waals surface area contributed by atoms with Crippen LogP contribution >= 0.6 is 0 Å². The first-order valence-electron chi connectivity index (χ1n) is 11.8. The van der Waals surface area contributed by atoms with Crippen LogP contribution in [-0.4, -0.2) is 65.1 Å². The second kappa shape index (κ2) is 11.2. The molecule has 0 aliphatic carbocycles. The Balaban J connectivity index is 1.70. The Labute approximate surface area is 211 Å². The van der Waals surface area contributed by atoms with Gasteiger partial charge >= 0.3 is 0 Å². The van der Waals surface area contributed by atoms with Gasteiger partial charge in [0.05, 0.1) is 51.8 Å². The molecule has 0 amide bonds. The molecular weight excluding hydrogens is 460 g/mol. The lowest BCUT2D eigenvalue weighted by Gasteiger charge is -2.28. The molecule has 1 fully saturated rings. The van der Waals surface area contributed by atoms with Crippen LogP contribution in [0.15, 0.2) is 30.5 Å². The van der Waals surface area contributed by atoms with Gasteiger partial charge in [-0.05, 0) is 45.0 Å². The van der Waals surface area contributed by atoms with Crippen LogP contribution in [0.5, 0.6) is 28.7 Å². The summed E-state index contributed by atoms with van der Waals surface area (Å²) in [6.07, 6.45) is 3.77. The number of hydrogen-bond acceptors (Lipinski definition) is 9. The quantitative estimate of drug-likeness (QED) is 0.459. The number of pyridine rings is 1. The van der Waals surface area contributed by atoms with E-state index < -0.39 is 0 Å². The Bertz CT molecular complexity index is 1240. The largest absolute Gasteiger partial charge is 0.493 e. The molecule has 0 saturated carbocycles. The van der Waals surface area contributed by atoms with Gasteiger partial charge in [-0.1, -0.05) is 0 Å². The monoisotopic (exact) mass is 492 g/mol. The summed E-state index contributed by atoms with van der Waals surface area (Å²) >= 11 is 0. The van der Waals surface area contributed by atoms with E-state index in [2.05, 4.69) is 28.3 Å². The molecule has 9 heteroatoms. The highest BCUT2D eigenvalue weighted by molar-refractivity contribution is 5.97.